The van der Waals surface area contributed by atoms with Gasteiger partial charge in [-0.3, -0.25) is 9.59 Å². The second kappa shape index (κ2) is 5.90. The molecule has 1 saturated carbocycles. The quantitative estimate of drug-likeness (QED) is 0.838. The molecule has 0 atom stereocenters. The smallest absolute Gasteiger partial charge is 0.268 e. The molecule has 2 N–H and O–H groups in total. The van der Waals surface area contributed by atoms with Crippen molar-refractivity contribution in [1.82, 2.24) is 10.3 Å². The van der Waals surface area contributed by atoms with Crippen LogP contribution >= 0.6 is 15.9 Å². The molecule has 5 heteroatoms. The third kappa shape index (κ3) is 3.47. The molecule has 0 aromatic carbocycles. The fraction of sp³-hybridized carbons (Fsp3) is 0.571. The van der Waals surface area contributed by atoms with Crippen molar-refractivity contribution in [2.45, 2.75) is 38.1 Å². The number of hydrogen-bond donors (Lipinski definition) is 2. The highest BCUT2D eigenvalue weighted by Crippen LogP contribution is 2.33. The Morgan fingerprint density at radius 3 is 2.74 bits per heavy atom. The zero-order valence-electron chi connectivity index (χ0n) is 11.0. The average molecular weight is 327 g/mol. The van der Waals surface area contributed by atoms with E-state index in [1.807, 2.05) is 0 Å². The molecule has 0 bridgehead atoms. The molecule has 0 unspecified atom stereocenters. The molecule has 2 rings (SSSR count). The number of nitrogens with one attached hydrogen (secondary N) is 2. The van der Waals surface area contributed by atoms with Gasteiger partial charge in [0, 0.05) is 11.4 Å². The molecule has 1 aromatic rings. The topological polar surface area (TPSA) is 62.0 Å². The number of hydrogen-bond acceptors (Lipinski definition) is 2. The minimum Gasteiger partial charge on any atom is -0.344 e. The summed E-state index contributed by atoms with van der Waals surface area (Å²) in [5.74, 6) is 0.521. The Bertz CT molecular complexity index is 504. The summed E-state index contributed by atoms with van der Waals surface area (Å²) < 4.78 is 0. The third-order valence-electron chi connectivity index (χ3n) is 3.88. The van der Waals surface area contributed by atoms with Crippen LogP contribution < -0.4 is 10.9 Å². The number of amides is 1. The normalized spacial score (nSPS) is 26.9. The van der Waals surface area contributed by atoms with E-state index in [1.54, 1.807) is 12.1 Å². The van der Waals surface area contributed by atoms with Crippen LogP contribution in [0.25, 0.3) is 0 Å². The Balaban J connectivity index is 2.10. The highest BCUT2D eigenvalue weighted by atomic mass is 79.9. The number of carbonyl (C=O) groups excluding carboxylic acids is 1. The van der Waals surface area contributed by atoms with Gasteiger partial charge in [-0.25, -0.2) is 0 Å². The van der Waals surface area contributed by atoms with Crippen LogP contribution in [0.2, 0.25) is 0 Å². The summed E-state index contributed by atoms with van der Waals surface area (Å²) in [6.45, 7) is 2.24. The first-order valence-corrected chi connectivity index (χ1v) is 7.75. The van der Waals surface area contributed by atoms with Gasteiger partial charge in [-0.15, -0.1) is 0 Å². The number of H-pyrrole nitrogens is 1. The number of rotatable bonds is 3. The van der Waals surface area contributed by atoms with Crippen LogP contribution in [0.15, 0.2) is 23.0 Å². The van der Waals surface area contributed by atoms with Gasteiger partial charge >= 0.3 is 0 Å². The largest absolute Gasteiger partial charge is 0.344 e. The molecule has 104 valence electrons. The van der Waals surface area contributed by atoms with Crippen LogP contribution in [0.5, 0.6) is 0 Å². The number of carbonyl (C=O) groups is 1. The van der Waals surface area contributed by atoms with Crippen molar-refractivity contribution in [3.63, 3.8) is 0 Å². The summed E-state index contributed by atoms with van der Waals surface area (Å²) >= 11 is 3.52. The van der Waals surface area contributed by atoms with Crippen LogP contribution in [0.4, 0.5) is 0 Å². The molecule has 1 aliphatic carbocycles. The van der Waals surface area contributed by atoms with Crippen LogP contribution in [0.3, 0.4) is 0 Å². The fourth-order valence-electron chi connectivity index (χ4n) is 2.50. The van der Waals surface area contributed by atoms with Gasteiger partial charge in [-0.2, -0.15) is 0 Å². The van der Waals surface area contributed by atoms with Gasteiger partial charge in [0.15, 0.2) is 0 Å². The predicted molar refractivity (Wildman–Crippen MR) is 78.7 cm³/mol. The average Bonchev–Trinajstić information content (AvgIpc) is 2.42. The van der Waals surface area contributed by atoms with Crippen LogP contribution in [0, 0.1) is 5.92 Å². The van der Waals surface area contributed by atoms with Crippen molar-refractivity contribution < 1.29 is 4.79 Å². The Hall–Kier alpha value is -1.10. The second-order valence-corrected chi connectivity index (χ2v) is 6.04. The lowest BCUT2D eigenvalue weighted by Crippen LogP contribution is -2.52. The van der Waals surface area contributed by atoms with Gasteiger partial charge in [0.2, 0.25) is 5.56 Å². The number of aromatic amines is 1. The minimum atomic E-state index is -0.252. The van der Waals surface area contributed by atoms with E-state index < -0.39 is 0 Å². The van der Waals surface area contributed by atoms with Crippen molar-refractivity contribution >= 4 is 21.8 Å². The third-order valence-corrected chi connectivity index (χ3v) is 4.95. The molecule has 1 heterocycles. The fourth-order valence-corrected chi connectivity index (χ4v) is 3.20. The Morgan fingerprint density at radius 1 is 1.47 bits per heavy atom. The lowest BCUT2D eigenvalue weighted by molar-refractivity contribution is 0.0869. The summed E-state index contributed by atoms with van der Waals surface area (Å²) in [6.07, 6.45) is 4.19. The lowest BCUT2D eigenvalue weighted by Gasteiger charge is -2.38. The van der Waals surface area contributed by atoms with E-state index in [9.17, 15) is 9.59 Å². The highest BCUT2D eigenvalue weighted by Gasteiger charge is 2.34. The Kier molecular flexibility index (Phi) is 4.45. The standard InChI is InChI=1S/C14H19BrN2O2/c1-10-5-7-14(9-15,8-6-10)17-13(19)11-3-2-4-12(18)16-11/h2-4,10H,5-9H2,1H3,(H,16,18)(H,17,19). The Morgan fingerprint density at radius 2 is 2.16 bits per heavy atom. The zero-order valence-corrected chi connectivity index (χ0v) is 12.6. The molecule has 0 aliphatic heterocycles. The van der Waals surface area contributed by atoms with Gasteiger partial charge in [0.25, 0.3) is 5.91 Å². The van der Waals surface area contributed by atoms with Crippen molar-refractivity contribution in [3.8, 4) is 0 Å². The molecular weight excluding hydrogens is 308 g/mol. The molecular formula is C14H19BrN2O2. The minimum absolute atomic E-state index is 0.184. The molecule has 4 nitrogen and oxygen atoms in total. The van der Waals surface area contributed by atoms with Gasteiger partial charge in [-0.1, -0.05) is 28.9 Å². The first-order chi connectivity index (χ1) is 9.04. The molecule has 1 aliphatic rings. The second-order valence-electron chi connectivity index (χ2n) is 5.48. The summed E-state index contributed by atoms with van der Waals surface area (Å²) in [5, 5.41) is 3.84. The maximum absolute atomic E-state index is 12.2. The summed E-state index contributed by atoms with van der Waals surface area (Å²) in [4.78, 5) is 26.0. The molecule has 0 saturated heterocycles. The van der Waals surface area contributed by atoms with Crippen molar-refractivity contribution in [2.24, 2.45) is 5.92 Å². The molecule has 0 radical (unpaired) electrons. The molecule has 0 spiro atoms. The van der Waals surface area contributed by atoms with E-state index in [1.165, 1.54) is 6.07 Å². The maximum atomic E-state index is 12.2. The first-order valence-electron chi connectivity index (χ1n) is 6.62. The number of aromatic nitrogens is 1. The van der Waals surface area contributed by atoms with Crippen LogP contribution in [-0.2, 0) is 0 Å². The lowest BCUT2D eigenvalue weighted by atomic mass is 9.78. The van der Waals surface area contributed by atoms with Crippen molar-refractivity contribution in [1.29, 1.82) is 0 Å². The van der Waals surface area contributed by atoms with Crippen LogP contribution in [-0.4, -0.2) is 21.8 Å². The molecule has 19 heavy (non-hydrogen) atoms. The summed E-state index contributed by atoms with van der Waals surface area (Å²) in [5.41, 5.74) is -0.111. The summed E-state index contributed by atoms with van der Waals surface area (Å²) in [7, 11) is 0. The van der Waals surface area contributed by atoms with Crippen molar-refractivity contribution in [3.05, 3.63) is 34.2 Å². The van der Waals surface area contributed by atoms with Gasteiger partial charge in [0.05, 0.1) is 5.54 Å². The first kappa shape index (κ1) is 14.3. The highest BCUT2D eigenvalue weighted by molar-refractivity contribution is 9.09. The number of alkyl halides is 1. The Labute approximate surface area is 121 Å². The monoisotopic (exact) mass is 326 g/mol. The summed E-state index contributed by atoms with van der Waals surface area (Å²) in [6, 6.07) is 4.63. The SMILES string of the molecule is CC1CCC(CBr)(NC(=O)c2cccc(=O)[nH]2)CC1. The predicted octanol–water partition coefficient (Wildman–Crippen LogP) is 2.45. The van der Waals surface area contributed by atoms with E-state index >= 15 is 0 Å². The van der Waals surface area contributed by atoms with E-state index in [0.717, 1.165) is 36.9 Å². The number of pyridine rings is 1. The zero-order chi connectivity index (χ0) is 13.9. The van der Waals surface area contributed by atoms with E-state index in [4.69, 9.17) is 0 Å². The molecule has 1 fully saturated rings. The van der Waals surface area contributed by atoms with E-state index in [-0.39, 0.29) is 17.0 Å². The molecule has 1 aromatic heterocycles. The van der Waals surface area contributed by atoms with Gasteiger partial charge in [0.1, 0.15) is 5.69 Å². The van der Waals surface area contributed by atoms with Gasteiger partial charge in [-0.05, 0) is 37.7 Å². The molecule has 1 amide bonds. The number of halogens is 1. The van der Waals surface area contributed by atoms with Gasteiger partial charge < -0.3 is 10.3 Å². The van der Waals surface area contributed by atoms with E-state index in [0.29, 0.717) is 5.69 Å². The maximum Gasteiger partial charge on any atom is 0.268 e. The van der Waals surface area contributed by atoms with Crippen molar-refractivity contribution in [2.75, 3.05) is 5.33 Å². The van der Waals surface area contributed by atoms with Crippen LogP contribution in [0.1, 0.15) is 43.1 Å². The van der Waals surface area contributed by atoms with E-state index in [2.05, 4.69) is 33.2 Å².